The fourth-order valence-electron chi connectivity index (χ4n) is 9.36. The van der Waals surface area contributed by atoms with Crippen LogP contribution in [0.5, 0.6) is 0 Å². The Morgan fingerprint density at radius 3 is 2.47 bits per heavy atom. The molecule has 2 unspecified atom stereocenters. The van der Waals surface area contributed by atoms with Crippen molar-refractivity contribution in [3.63, 3.8) is 0 Å². The fourth-order valence-corrected chi connectivity index (χ4v) is 9.36. The van der Waals surface area contributed by atoms with Crippen molar-refractivity contribution in [3.05, 3.63) is 23.8 Å². The Kier molecular flexibility index (Phi) is 5.73. The number of fused-ring (bicyclic) bond motifs is 5. The molecule has 1 aromatic heterocycles. The lowest BCUT2D eigenvalue weighted by atomic mass is 9.44. The van der Waals surface area contributed by atoms with Crippen molar-refractivity contribution in [2.45, 2.75) is 110 Å². The molecule has 4 aliphatic rings. The maximum absolute atomic E-state index is 11.7. The van der Waals surface area contributed by atoms with Gasteiger partial charge in [-0.15, -0.1) is 0 Å². The quantitative estimate of drug-likeness (QED) is 0.650. The standard InChI is InChI=1S/C28H44N2O2/c1-18-16-30-20(17-29-18)9-14-28(4,32)25-8-7-23-22-6-5-19-15-21(31)10-12-26(19,2)24(22)11-13-27(23,25)3/h16-17,19,21-25,31-32H,5-15H2,1-4H3/t19?,21-,22-,23-,24-,25-,26-,27-,28?/m0/s1. The van der Waals surface area contributed by atoms with Gasteiger partial charge in [0.2, 0.25) is 0 Å². The van der Waals surface area contributed by atoms with Gasteiger partial charge in [-0.1, -0.05) is 13.8 Å². The van der Waals surface area contributed by atoms with Gasteiger partial charge in [0, 0.05) is 12.4 Å². The van der Waals surface area contributed by atoms with Crippen molar-refractivity contribution >= 4 is 0 Å². The van der Waals surface area contributed by atoms with Crippen molar-refractivity contribution < 1.29 is 10.2 Å². The highest BCUT2D eigenvalue weighted by molar-refractivity contribution is 5.12. The molecule has 0 saturated heterocycles. The van der Waals surface area contributed by atoms with Crippen LogP contribution in [0.3, 0.4) is 0 Å². The Morgan fingerprint density at radius 1 is 0.969 bits per heavy atom. The number of aromatic nitrogens is 2. The summed E-state index contributed by atoms with van der Waals surface area (Å²) in [6.07, 6.45) is 16.1. The SMILES string of the molecule is Cc1cnc(CCC(C)(O)[C@H]2CC[C@H]3[C@@H]4CCC5C[C@@H](O)CC[C@]5(C)[C@H]4CC[C@]23C)cn1. The molecule has 4 nitrogen and oxygen atoms in total. The lowest BCUT2D eigenvalue weighted by molar-refractivity contribution is -0.144. The van der Waals surface area contributed by atoms with Gasteiger partial charge >= 0.3 is 0 Å². The molecule has 32 heavy (non-hydrogen) atoms. The summed E-state index contributed by atoms with van der Waals surface area (Å²) >= 11 is 0. The minimum absolute atomic E-state index is 0.0670. The number of rotatable bonds is 4. The van der Waals surface area contributed by atoms with E-state index in [1.54, 1.807) is 0 Å². The molecule has 4 saturated carbocycles. The zero-order valence-corrected chi connectivity index (χ0v) is 20.7. The van der Waals surface area contributed by atoms with Crippen LogP contribution in [0.25, 0.3) is 0 Å². The first-order valence-corrected chi connectivity index (χ1v) is 13.3. The van der Waals surface area contributed by atoms with Crippen molar-refractivity contribution in [3.8, 4) is 0 Å². The lowest BCUT2D eigenvalue weighted by Crippen LogP contribution is -2.55. The van der Waals surface area contributed by atoms with E-state index in [-0.39, 0.29) is 11.5 Å². The largest absolute Gasteiger partial charge is 0.393 e. The van der Waals surface area contributed by atoms with Gasteiger partial charge in [-0.3, -0.25) is 9.97 Å². The first-order chi connectivity index (χ1) is 15.1. The Morgan fingerprint density at radius 2 is 1.72 bits per heavy atom. The summed E-state index contributed by atoms with van der Waals surface area (Å²) in [5.74, 6) is 3.47. The van der Waals surface area contributed by atoms with Gasteiger partial charge in [0.25, 0.3) is 0 Å². The van der Waals surface area contributed by atoms with E-state index < -0.39 is 5.60 Å². The smallest absolute Gasteiger partial charge is 0.0656 e. The molecule has 0 spiro atoms. The van der Waals surface area contributed by atoms with Gasteiger partial charge in [-0.05, 0) is 125 Å². The van der Waals surface area contributed by atoms with Gasteiger partial charge in [-0.2, -0.15) is 0 Å². The van der Waals surface area contributed by atoms with Crippen molar-refractivity contribution in [1.29, 1.82) is 0 Å². The zero-order chi connectivity index (χ0) is 22.7. The predicted octanol–water partition coefficient (Wildman–Crippen LogP) is 5.49. The molecular formula is C28H44N2O2. The maximum Gasteiger partial charge on any atom is 0.0656 e. The molecule has 4 aliphatic carbocycles. The van der Waals surface area contributed by atoms with E-state index in [1.165, 1.54) is 38.5 Å². The normalized spacial score (nSPS) is 45.4. The Labute approximate surface area is 194 Å². The van der Waals surface area contributed by atoms with Gasteiger partial charge in [0.1, 0.15) is 0 Å². The monoisotopic (exact) mass is 440 g/mol. The van der Waals surface area contributed by atoms with E-state index in [0.717, 1.165) is 61.2 Å². The van der Waals surface area contributed by atoms with Crippen LogP contribution in [-0.4, -0.2) is 31.9 Å². The van der Waals surface area contributed by atoms with Crippen LogP contribution in [0.2, 0.25) is 0 Å². The highest BCUT2D eigenvalue weighted by Crippen LogP contribution is 2.68. The van der Waals surface area contributed by atoms with Crippen LogP contribution in [0.4, 0.5) is 0 Å². The number of aryl methyl sites for hydroxylation is 2. The summed E-state index contributed by atoms with van der Waals surface area (Å²) < 4.78 is 0. The van der Waals surface area contributed by atoms with Crippen molar-refractivity contribution in [2.75, 3.05) is 0 Å². The van der Waals surface area contributed by atoms with Gasteiger partial charge < -0.3 is 10.2 Å². The first-order valence-electron chi connectivity index (χ1n) is 13.3. The number of hydrogen-bond acceptors (Lipinski definition) is 4. The number of hydrogen-bond donors (Lipinski definition) is 2. The molecule has 0 aliphatic heterocycles. The highest BCUT2D eigenvalue weighted by Gasteiger charge is 2.62. The van der Waals surface area contributed by atoms with E-state index in [9.17, 15) is 10.2 Å². The molecule has 0 radical (unpaired) electrons. The number of aliphatic hydroxyl groups is 2. The van der Waals surface area contributed by atoms with Crippen molar-refractivity contribution in [2.24, 2.45) is 40.4 Å². The summed E-state index contributed by atoms with van der Waals surface area (Å²) in [4.78, 5) is 8.91. The van der Waals surface area contributed by atoms with Crippen LogP contribution in [0.1, 0.15) is 96.4 Å². The van der Waals surface area contributed by atoms with Gasteiger partial charge in [-0.25, -0.2) is 0 Å². The molecule has 0 aromatic carbocycles. The Bertz CT molecular complexity index is 823. The molecule has 5 rings (SSSR count). The molecule has 0 bridgehead atoms. The van der Waals surface area contributed by atoms with Crippen LogP contribution in [0.15, 0.2) is 12.4 Å². The van der Waals surface area contributed by atoms with Gasteiger partial charge in [0.05, 0.1) is 23.1 Å². The average Bonchev–Trinajstić information content (AvgIpc) is 3.12. The molecule has 9 atom stereocenters. The van der Waals surface area contributed by atoms with Crippen LogP contribution in [0, 0.1) is 47.3 Å². The van der Waals surface area contributed by atoms with Crippen LogP contribution >= 0.6 is 0 Å². The fraction of sp³-hybridized carbons (Fsp3) is 0.857. The summed E-state index contributed by atoms with van der Waals surface area (Å²) in [7, 11) is 0. The second-order valence-electron chi connectivity index (χ2n) is 12.8. The molecular weight excluding hydrogens is 396 g/mol. The molecule has 4 fully saturated rings. The van der Waals surface area contributed by atoms with E-state index in [2.05, 4.69) is 30.7 Å². The van der Waals surface area contributed by atoms with Gasteiger partial charge in [0.15, 0.2) is 0 Å². The average molecular weight is 441 g/mol. The van der Waals surface area contributed by atoms with E-state index in [1.807, 2.05) is 19.3 Å². The number of aliphatic hydroxyl groups excluding tert-OH is 1. The van der Waals surface area contributed by atoms with Crippen LogP contribution < -0.4 is 0 Å². The summed E-state index contributed by atoms with van der Waals surface area (Å²) in [5, 5.41) is 22.0. The van der Waals surface area contributed by atoms with E-state index in [4.69, 9.17) is 0 Å². The molecule has 0 amide bonds. The summed E-state index contributed by atoms with van der Waals surface area (Å²) in [6.45, 7) is 9.14. The zero-order valence-electron chi connectivity index (χ0n) is 20.7. The third-order valence-corrected chi connectivity index (χ3v) is 11.1. The molecule has 178 valence electrons. The molecule has 1 heterocycles. The van der Waals surface area contributed by atoms with Crippen LogP contribution in [-0.2, 0) is 6.42 Å². The number of nitrogens with zero attached hydrogens (tertiary/aromatic N) is 2. The minimum atomic E-state index is -0.654. The molecule has 2 N–H and O–H groups in total. The lowest BCUT2D eigenvalue weighted by Gasteiger charge is -2.61. The maximum atomic E-state index is 11.7. The predicted molar refractivity (Wildman–Crippen MR) is 127 cm³/mol. The first kappa shape index (κ1) is 22.8. The minimum Gasteiger partial charge on any atom is -0.393 e. The Balaban J connectivity index is 1.31. The Hall–Kier alpha value is -1.00. The van der Waals surface area contributed by atoms with Crippen molar-refractivity contribution in [1.82, 2.24) is 9.97 Å². The van der Waals surface area contributed by atoms with E-state index in [0.29, 0.717) is 17.3 Å². The second kappa shape index (κ2) is 8.05. The third-order valence-electron chi connectivity index (χ3n) is 11.1. The molecule has 1 aromatic rings. The molecule has 4 heteroatoms. The summed E-state index contributed by atoms with van der Waals surface area (Å²) in [6, 6.07) is 0. The highest BCUT2D eigenvalue weighted by atomic mass is 16.3. The third kappa shape index (κ3) is 3.64. The topological polar surface area (TPSA) is 66.2 Å². The van der Waals surface area contributed by atoms with E-state index >= 15 is 0 Å². The second-order valence-corrected chi connectivity index (χ2v) is 12.8. The summed E-state index contributed by atoms with van der Waals surface area (Å²) in [5.41, 5.74) is 1.96.